The summed E-state index contributed by atoms with van der Waals surface area (Å²) in [4.78, 5) is 0. The molecule has 0 aliphatic carbocycles. The van der Waals surface area contributed by atoms with Gasteiger partial charge >= 0.3 is 0 Å². The van der Waals surface area contributed by atoms with Gasteiger partial charge in [0, 0.05) is 13.7 Å². The lowest BCUT2D eigenvalue weighted by molar-refractivity contribution is 0.0304. The SMILES string of the molecule is Cn1c(-c2ccccc2F)nnc1S(=O)(=O)C[C@@H]1CCCCO1. The number of nitrogens with zero attached hydrogens (tertiary/aromatic N) is 3. The molecule has 0 radical (unpaired) electrons. The fourth-order valence-electron chi connectivity index (χ4n) is 2.72. The zero-order chi connectivity index (χ0) is 16.4. The first-order valence-electron chi connectivity index (χ1n) is 7.47. The molecule has 0 spiro atoms. The van der Waals surface area contributed by atoms with Gasteiger partial charge in [-0.2, -0.15) is 0 Å². The number of sulfone groups is 1. The Morgan fingerprint density at radius 1 is 1.30 bits per heavy atom. The van der Waals surface area contributed by atoms with Crippen LogP contribution in [0, 0.1) is 5.82 Å². The van der Waals surface area contributed by atoms with Crippen molar-refractivity contribution in [1.29, 1.82) is 0 Å². The van der Waals surface area contributed by atoms with Gasteiger partial charge in [-0.25, -0.2) is 12.8 Å². The van der Waals surface area contributed by atoms with E-state index in [1.807, 2.05) is 0 Å². The lowest BCUT2D eigenvalue weighted by atomic mass is 10.1. The third kappa shape index (κ3) is 3.28. The van der Waals surface area contributed by atoms with E-state index in [0.717, 1.165) is 19.3 Å². The Balaban J connectivity index is 1.90. The van der Waals surface area contributed by atoms with Gasteiger partial charge in [0.15, 0.2) is 5.82 Å². The first kappa shape index (κ1) is 16.1. The molecule has 1 aromatic carbocycles. The molecule has 23 heavy (non-hydrogen) atoms. The Hall–Kier alpha value is -1.80. The van der Waals surface area contributed by atoms with Crippen molar-refractivity contribution in [3.63, 3.8) is 0 Å². The summed E-state index contributed by atoms with van der Waals surface area (Å²) in [7, 11) is -2.12. The van der Waals surface area contributed by atoms with Gasteiger partial charge in [-0.15, -0.1) is 10.2 Å². The number of benzene rings is 1. The van der Waals surface area contributed by atoms with Gasteiger partial charge in [-0.1, -0.05) is 12.1 Å². The quantitative estimate of drug-likeness (QED) is 0.851. The van der Waals surface area contributed by atoms with E-state index in [-0.39, 0.29) is 28.4 Å². The highest BCUT2D eigenvalue weighted by Gasteiger charge is 2.29. The predicted octanol–water partition coefficient (Wildman–Crippen LogP) is 1.96. The number of hydrogen-bond donors (Lipinski definition) is 0. The van der Waals surface area contributed by atoms with Crippen LogP contribution >= 0.6 is 0 Å². The zero-order valence-electron chi connectivity index (χ0n) is 12.8. The van der Waals surface area contributed by atoms with Crippen molar-refractivity contribution in [3.8, 4) is 11.4 Å². The van der Waals surface area contributed by atoms with Crippen LogP contribution in [0.3, 0.4) is 0 Å². The maximum absolute atomic E-state index is 13.9. The standard InChI is InChI=1S/C15H18FN3O3S/c1-19-14(12-7-2-3-8-13(12)16)17-18-15(19)23(20,21)10-11-6-4-5-9-22-11/h2-3,7-8,11H,4-6,9-10H2,1H3/t11-/m0/s1. The first-order chi connectivity index (χ1) is 11.0. The highest BCUT2D eigenvalue weighted by Crippen LogP contribution is 2.24. The lowest BCUT2D eigenvalue weighted by Gasteiger charge is -2.21. The maximum Gasteiger partial charge on any atom is 0.249 e. The van der Waals surface area contributed by atoms with Gasteiger partial charge in [0.05, 0.1) is 17.4 Å². The van der Waals surface area contributed by atoms with Gasteiger partial charge in [0.25, 0.3) is 0 Å². The Morgan fingerprint density at radius 3 is 2.78 bits per heavy atom. The summed E-state index contributed by atoms with van der Waals surface area (Å²) in [5, 5.41) is 7.47. The predicted molar refractivity (Wildman–Crippen MR) is 82.0 cm³/mol. The molecule has 0 N–H and O–H groups in total. The molecule has 6 nitrogen and oxygen atoms in total. The number of halogens is 1. The van der Waals surface area contributed by atoms with Crippen molar-refractivity contribution in [2.75, 3.05) is 12.4 Å². The van der Waals surface area contributed by atoms with Crippen molar-refractivity contribution < 1.29 is 17.5 Å². The molecule has 0 unspecified atom stereocenters. The molecule has 1 aromatic heterocycles. The Bertz CT molecular complexity index is 798. The number of aromatic nitrogens is 3. The van der Waals surface area contributed by atoms with Crippen molar-refractivity contribution >= 4 is 9.84 Å². The summed E-state index contributed by atoms with van der Waals surface area (Å²) in [6, 6.07) is 6.07. The molecule has 2 aromatic rings. The number of ether oxygens (including phenoxy) is 1. The summed E-state index contributed by atoms with van der Waals surface area (Å²) >= 11 is 0. The van der Waals surface area contributed by atoms with Gasteiger partial charge in [0.1, 0.15) is 5.82 Å². The van der Waals surface area contributed by atoms with E-state index in [9.17, 15) is 12.8 Å². The molecule has 2 heterocycles. The maximum atomic E-state index is 13.9. The highest BCUT2D eigenvalue weighted by atomic mass is 32.2. The minimum atomic E-state index is -3.65. The Morgan fingerprint density at radius 2 is 2.09 bits per heavy atom. The first-order valence-corrected chi connectivity index (χ1v) is 9.13. The van der Waals surface area contributed by atoms with E-state index in [0.29, 0.717) is 6.61 Å². The topological polar surface area (TPSA) is 74.1 Å². The van der Waals surface area contributed by atoms with Crippen LogP contribution in [0.2, 0.25) is 0 Å². The molecular weight excluding hydrogens is 321 g/mol. The fourth-order valence-corrected chi connectivity index (χ4v) is 4.29. The summed E-state index contributed by atoms with van der Waals surface area (Å²) in [6.45, 7) is 0.583. The van der Waals surface area contributed by atoms with Crippen molar-refractivity contribution in [2.24, 2.45) is 7.05 Å². The van der Waals surface area contributed by atoms with Crippen LogP contribution in [0.25, 0.3) is 11.4 Å². The van der Waals surface area contributed by atoms with Gasteiger partial charge in [-0.05, 0) is 31.4 Å². The van der Waals surface area contributed by atoms with E-state index in [2.05, 4.69) is 10.2 Å². The monoisotopic (exact) mass is 339 g/mol. The molecule has 3 rings (SSSR count). The van der Waals surface area contributed by atoms with E-state index in [4.69, 9.17) is 4.74 Å². The van der Waals surface area contributed by atoms with Crippen molar-refractivity contribution in [2.45, 2.75) is 30.5 Å². The largest absolute Gasteiger partial charge is 0.377 e. The molecule has 0 saturated carbocycles. The molecule has 1 aliphatic rings. The third-order valence-electron chi connectivity index (χ3n) is 3.91. The second-order valence-corrected chi connectivity index (χ2v) is 7.54. The second-order valence-electron chi connectivity index (χ2n) is 5.62. The minimum Gasteiger partial charge on any atom is -0.377 e. The third-order valence-corrected chi connectivity index (χ3v) is 5.63. The average molecular weight is 339 g/mol. The molecule has 1 aliphatic heterocycles. The average Bonchev–Trinajstić information content (AvgIpc) is 2.91. The molecule has 0 amide bonds. The molecule has 124 valence electrons. The Labute approximate surface area is 134 Å². The smallest absolute Gasteiger partial charge is 0.249 e. The zero-order valence-corrected chi connectivity index (χ0v) is 13.6. The van der Waals surface area contributed by atoms with Crippen LogP contribution < -0.4 is 0 Å². The molecule has 0 bridgehead atoms. The fraction of sp³-hybridized carbons (Fsp3) is 0.467. The van der Waals surface area contributed by atoms with Crippen LogP contribution in [0.4, 0.5) is 4.39 Å². The van der Waals surface area contributed by atoms with Crippen LogP contribution in [-0.4, -0.2) is 41.6 Å². The van der Waals surface area contributed by atoms with E-state index >= 15 is 0 Å². The van der Waals surface area contributed by atoms with Crippen molar-refractivity contribution in [1.82, 2.24) is 14.8 Å². The normalized spacial score (nSPS) is 19.0. The molecule has 8 heteroatoms. The van der Waals surface area contributed by atoms with Gasteiger partial charge in [-0.3, -0.25) is 0 Å². The number of hydrogen-bond acceptors (Lipinski definition) is 5. The molecule has 1 fully saturated rings. The minimum absolute atomic E-state index is 0.129. The van der Waals surface area contributed by atoms with Crippen LogP contribution in [0.5, 0.6) is 0 Å². The Kier molecular flexibility index (Phi) is 4.45. The molecule has 1 atom stereocenters. The van der Waals surface area contributed by atoms with Crippen molar-refractivity contribution in [3.05, 3.63) is 30.1 Å². The van der Waals surface area contributed by atoms with E-state index < -0.39 is 15.7 Å². The summed E-state index contributed by atoms with van der Waals surface area (Å²) in [5.41, 5.74) is 0.220. The lowest BCUT2D eigenvalue weighted by Crippen LogP contribution is -2.28. The highest BCUT2D eigenvalue weighted by molar-refractivity contribution is 7.91. The summed E-state index contributed by atoms with van der Waals surface area (Å²) in [6.07, 6.45) is 2.32. The summed E-state index contributed by atoms with van der Waals surface area (Å²) in [5.74, 6) is -0.412. The van der Waals surface area contributed by atoms with E-state index in [1.165, 1.54) is 17.7 Å². The molecule has 1 saturated heterocycles. The van der Waals surface area contributed by atoms with Gasteiger partial charge in [0.2, 0.25) is 15.0 Å². The van der Waals surface area contributed by atoms with Crippen LogP contribution in [-0.2, 0) is 21.6 Å². The van der Waals surface area contributed by atoms with E-state index in [1.54, 1.807) is 18.2 Å². The molecular formula is C15H18FN3O3S. The van der Waals surface area contributed by atoms with Crippen LogP contribution in [0.15, 0.2) is 29.4 Å². The number of rotatable bonds is 4. The van der Waals surface area contributed by atoms with Crippen LogP contribution in [0.1, 0.15) is 19.3 Å². The summed E-state index contributed by atoms with van der Waals surface area (Å²) < 4.78 is 45.8. The second kappa shape index (κ2) is 6.37. The van der Waals surface area contributed by atoms with Gasteiger partial charge < -0.3 is 9.30 Å².